The first-order valence-corrected chi connectivity index (χ1v) is 49.6. The van der Waals surface area contributed by atoms with Crippen molar-refractivity contribution in [2.24, 2.45) is 0 Å². The van der Waals surface area contributed by atoms with E-state index in [1.54, 1.807) is 24.5 Å². The van der Waals surface area contributed by atoms with Crippen molar-refractivity contribution in [3.63, 3.8) is 0 Å². The molecule has 10 aliphatic rings. The molecule has 144 heavy (non-hydrogen) atoms. The standard InChI is InChI=1S/2C20H26BN3O4.2C19H25N3O3.C15H20N2O3.C6H10BNO.C2H3F3O3S/c1-13-8-17(24-11-18(28-20(24)26)10-22-15(3)25)9-14(2)19(13)16-4-6-23(7-5-16)12-21-27;1-13-7-17(24-11-18(28-20(24)26)9-22-15(3)25)8-14(2)19(13)16-5-4-6-23(10-16)12-21-27;1-12-8-16(9-13(2)18(12)15-4-6-20-7-5-15)22-11-17(25-19(22)24)10-21-14(3)23;1-12-7-16(8-13(2)18(12)15-5-4-6-20-9-15)22-11-17(25-19(22)24)10-21-14(3)23;1-9-5-13(6-10(2)11(9)3)17-8-14(20-15(17)19)7-16-12(4)18;9-7-6-8-4-2-1-3-5-8;1-8-9(6,7)2(3,4)5/h4,8-9,18H,5-7,10-12H2,1-3H3,(H,22,25);5,7-8,18H,4,6,9-12H2,1-3H3,(H,22,25);4,8-9,17,20H,5-7,10-11H2,1-3H3,(H,21,23);5,7-8,17,20H,4,6,9-11H2,1-3H3,(H,21,23);5-6,14H,7-8H2,1-4H3,(H,16,18);1-2H,3-6H2;1H3/t2*18-;2*17-;14-;;/m00000../s1. The van der Waals surface area contributed by atoms with Crippen LogP contribution in [0.3, 0.4) is 0 Å². The minimum absolute atomic E-state index is 0.124. The maximum atomic E-state index is 12.3. The zero-order chi connectivity index (χ0) is 106. The van der Waals surface area contributed by atoms with Crippen molar-refractivity contribution in [3.05, 3.63) is 181 Å². The number of hydrogen-bond donors (Lipinski definition) is 7. The van der Waals surface area contributed by atoms with Crippen LogP contribution in [0.5, 0.6) is 0 Å². The Labute approximate surface area is 842 Å². The first kappa shape index (κ1) is 115. The molecular formula is C101H135B3F3N15O21S. The van der Waals surface area contributed by atoms with Crippen LogP contribution >= 0.6 is 0 Å². The molecule has 5 aromatic carbocycles. The molecule has 10 aliphatic heterocycles. The Hall–Kier alpha value is -12.4. The van der Waals surface area contributed by atoms with Gasteiger partial charge in [-0.15, -0.1) is 0 Å². The number of cyclic esters (lactones) is 5. The van der Waals surface area contributed by atoms with E-state index in [1.165, 1.54) is 95.9 Å². The van der Waals surface area contributed by atoms with Crippen molar-refractivity contribution < 1.29 is 112 Å². The van der Waals surface area contributed by atoms with Crippen LogP contribution in [-0.4, -0.2) is 298 Å². The number of alkyl halides is 3. The summed E-state index contributed by atoms with van der Waals surface area (Å²) in [6.45, 7) is 42.8. The van der Waals surface area contributed by atoms with Crippen molar-refractivity contribution in [2.45, 2.75) is 179 Å². The number of hydrogen-bond acceptors (Lipinski definition) is 26. The molecule has 5 aromatic rings. The zero-order valence-corrected chi connectivity index (χ0v) is 86.2. The summed E-state index contributed by atoms with van der Waals surface area (Å²) in [4.78, 5) is 131. The molecule has 0 radical (unpaired) electrons. The summed E-state index contributed by atoms with van der Waals surface area (Å²) in [6, 6.07) is 20.2. The minimum atomic E-state index is -5.34. The Bertz CT molecular complexity index is 5580. The second-order valence-corrected chi connectivity index (χ2v) is 38.5. The maximum absolute atomic E-state index is 12.3. The zero-order valence-electron chi connectivity index (χ0n) is 85.3. The van der Waals surface area contributed by atoms with Crippen molar-refractivity contribution in [2.75, 3.05) is 182 Å². The molecule has 43 heteroatoms. The third kappa shape index (κ3) is 33.3. The molecule has 5 saturated heterocycles. The number of carbonyl (C=O) groups is 10. The molecule has 10 amide bonds. The van der Waals surface area contributed by atoms with Crippen LogP contribution in [0, 0.1) is 76.2 Å². The van der Waals surface area contributed by atoms with Crippen molar-refractivity contribution in [1.82, 2.24) is 51.9 Å². The average Bonchev–Trinajstić information content (AvgIpc) is 1.41. The molecule has 5 fully saturated rings. The number of carbonyl (C=O) groups excluding carboxylic acids is 10. The summed E-state index contributed by atoms with van der Waals surface area (Å²) < 4.78 is 114. The Balaban J connectivity index is 0.000000192. The van der Waals surface area contributed by atoms with Crippen LogP contribution < -0.4 is 61.7 Å². The van der Waals surface area contributed by atoms with Crippen LogP contribution in [0.2, 0.25) is 0 Å². The Kier molecular flexibility index (Phi) is 43.6. The molecule has 0 spiro atoms. The molecule has 36 nitrogen and oxygen atoms in total. The van der Waals surface area contributed by atoms with Gasteiger partial charge in [-0.2, -0.15) is 21.6 Å². The summed E-state index contributed by atoms with van der Waals surface area (Å²) in [7, 11) is -2.04. The van der Waals surface area contributed by atoms with Crippen LogP contribution in [0.4, 0.5) is 65.6 Å². The van der Waals surface area contributed by atoms with Gasteiger partial charge in [0.25, 0.3) is 0 Å². The first-order chi connectivity index (χ1) is 68.3. The molecule has 776 valence electrons. The second-order valence-electron chi connectivity index (χ2n) is 36.7. The molecule has 0 aliphatic carbocycles. The Morgan fingerprint density at radius 2 is 0.701 bits per heavy atom. The number of anilines is 5. The van der Waals surface area contributed by atoms with E-state index >= 15 is 0 Å². The number of nitrogens with one attached hydrogen (secondary N) is 7. The second kappa shape index (κ2) is 54.5. The van der Waals surface area contributed by atoms with Crippen LogP contribution in [0.15, 0.2) is 97.1 Å². The van der Waals surface area contributed by atoms with Gasteiger partial charge >= 0.3 is 367 Å². The van der Waals surface area contributed by atoms with Gasteiger partial charge in [0.1, 0.15) is 18.3 Å². The molecule has 5 atom stereocenters. The quantitative estimate of drug-likeness (QED) is 0.00889. The fourth-order valence-corrected chi connectivity index (χ4v) is 18.4. The summed E-state index contributed by atoms with van der Waals surface area (Å²) in [5.74, 6) is -0.657. The van der Waals surface area contributed by atoms with Crippen molar-refractivity contribution >= 4 is 142 Å². The fraction of sp³-hybridized carbons (Fsp3) is 0.505. The van der Waals surface area contributed by atoms with Gasteiger partial charge in [-0.3, -0.25) is 42.9 Å². The van der Waals surface area contributed by atoms with E-state index in [9.17, 15) is 83.6 Å². The molecule has 10 heterocycles. The SMILES string of the molecule is CC(=O)NC[C@H]1CN(c2cc(C)c(C)c(C)c2)C(=O)O1.CC(=O)NC[C@H]1CN(c2cc(C)c(C3=CCCN(CB=O)C3)c(C)c2)C(=O)O1.CC(=O)NC[C@H]1CN(c2cc(C)c(C3=CCCNC3)c(C)c2)C(=O)O1.CC(=O)NC[C@H]1CN(c2cc(C)c(C3=CCN(CB=O)CC3)c(C)c2)C(=O)O1.CC(=O)NC[C@H]1CN(c2cc(C)c(C3=CCNCC3)c(C)c2)C(=O)O1.COS(=O)(=O)C(F)(F)F.O=BCN1CC=CCC1. The van der Waals surface area contributed by atoms with Crippen LogP contribution in [-0.2, 0) is 76.1 Å². The number of nitrogens with zero attached hydrogens (tertiary/aromatic N) is 8. The summed E-state index contributed by atoms with van der Waals surface area (Å²) in [6.07, 6.45) is 16.2. The van der Waals surface area contributed by atoms with Gasteiger partial charge < -0.3 is 51.4 Å². The molecule has 0 aromatic heterocycles. The van der Waals surface area contributed by atoms with E-state index < -0.39 is 21.7 Å². The molecule has 15 rings (SSSR count). The van der Waals surface area contributed by atoms with Gasteiger partial charge in [0.15, 0.2) is 0 Å². The molecule has 0 bridgehead atoms. The topological polar surface area (TPSA) is 422 Å². The number of amides is 10. The summed E-state index contributed by atoms with van der Waals surface area (Å²) >= 11 is 0. The van der Waals surface area contributed by atoms with Gasteiger partial charge in [0.05, 0.1) is 52.9 Å². The predicted octanol–water partition coefficient (Wildman–Crippen LogP) is 10.8. The van der Waals surface area contributed by atoms with Crippen LogP contribution in [0.25, 0.3) is 22.3 Å². The van der Waals surface area contributed by atoms with Gasteiger partial charge in [-0.25, -0.2) is 14.4 Å². The molecular weight excluding hydrogens is 1880 g/mol. The van der Waals surface area contributed by atoms with E-state index in [0.717, 1.165) is 192 Å². The van der Waals surface area contributed by atoms with Gasteiger partial charge in [-0.05, 0) is 172 Å². The molecule has 7 N–H and O–H groups in total. The molecule has 0 saturated carbocycles. The Morgan fingerprint density at radius 1 is 0.389 bits per heavy atom. The van der Waals surface area contributed by atoms with E-state index in [1.807, 2.05) is 88.4 Å². The number of ether oxygens (including phenoxy) is 5. The number of aryl methyl sites for hydroxylation is 10. The predicted molar refractivity (Wildman–Crippen MR) is 546 cm³/mol. The fourth-order valence-electron chi connectivity index (χ4n) is 18.3. The van der Waals surface area contributed by atoms with E-state index in [0.29, 0.717) is 91.9 Å². The van der Waals surface area contributed by atoms with Crippen molar-refractivity contribution in [1.29, 1.82) is 0 Å². The summed E-state index contributed by atoms with van der Waals surface area (Å²) in [5.41, 5.74) is 21.6. The van der Waals surface area contributed by atoms with Gasteiger partial charge in [0, 0.05) is 64.8 Å². The van der Waals surface area contributed by atoms with Crippen LogP contribution in [0.1, 0.15) is 150 Å². The van der Waals surface area contributed by atoms with E-state index in [2.05, 4.69) is 141 Å². The van der Waals surface area contributed by atoms with Gasteiger partial charge in [0.2, 0.25) is 29.5 Å². The van der Waals surface area contributed by atoms with Gasteiger partial charge in [-0.1, -0.05) is 12.2 Å². The third-order valence-corrected chi connectivity index (χ3v) is 26.4. The number of rotatable bonds is 26. The number of benzene rings is 5. The van der Waals surface area contributed by atoms with E-state index in [-0.39, 0.29) is 84.4 Å². The average molecular weight is 2020 g/mol. The third-order valence-electron chi connectivity index (χ3n) is 25.3. The number of halogens is 3. The molecule has 0 unspecified atom stereocenters. The Morgan fingerprint density at radius 3 is 0.979 bits per heavy atom. The normalized spacial score (nSPS) is 19.3. The van der Waals surface area contributed by atoms with Crippen molar-refractivity contribution in [3.8, 4) is 0 Å². The summed E-state index contributed by atoms with van der Waals surface area (Å²) in [5, 5.41) is 20.2. The monoisotopic (exact) mass is 2020 g/mol. The first-order valence-electron chi connectivity index (χ1n) is 48.2. The van der Waals surface area contributed by atoms with E-state index in [4.69, 9.17) is 23.7 Å².